The number of carbonyl (C=O) groups is 1. The summed E-state index contributed by atoms with van der Waals surface area (Å²) in [7, 11) is 0. The molecule has 11 heavy (non-hydrogen) atoms. The molecule has 0 saturated carbocycles. The average molecular weight is 189 g/mol. The molecular weight excluding hydrogens is 178 g/mol. The first kappa shape index (κ1) is 10.7. The summed E-state index contributed by atoms with van der Waals surface area (Å²) in [6.45, 7) is 5.63. The lowest BCUT2D eigenvalue weighted by Gasteiger charge is -1.99. The average Bonchev–Trinajstić information content (AvgIpc) is 2.01. The molecule has 0 aromatic carbocycles. The highest BCUT2D eigenvalue weighted by Crippen LogP contribution is 2.26. The predicted molar refractivity (Wildman–Crippen MR) is 53.0 cm³/mol. The Morgan fingerprint density at radius 1 is 1.73 bits per heavy atom. The zero-order chi connectivity index (χ0) is 8.53. The van der Waals surface area contributed by atoms with Crippen molar-refractivity contribution >= 4 is 30.1 Å². The van der Waals surface area contributed by atoms with Crippen LogP contribution in [0.1, 0.15) is 13.3 Å². The number of allylic oxidation sites excluding steroid dienone is 1. The van der Waals surface area contributed by atoms with Crippen molar-refractivity contribution in [2.24, 2.45) is 0 Å². The molecule has 0 aromatic heterocycles. The number of nitrogens with one attached hydrogen (secondary N) is 1. The molecule has 62 valence electrons. The third-order valence-electron chi connectivity index (χ3n) is 0.778. The van der Waals surface area contributed by atoms with Crippen LogP contribution in [-0.2, 0) is 4.79 Å². The van der Waals surface area contributed by atoms with Gasteiger partial charge in [-0.05, 0) is 23.8 Å². The van der Waals surface area contributed by atoms with E-state index in [9.17, 15) is 4.79 Å². The summed E-state index contributed by atoms with van der Waals surface area (Å²) in [6, 6.07) is 0. The van der Waals surface area contributed by atoms with Crippen molar-refractivity contribution in [3.8, 4) is 0 Å². The van der Waals surface area contributed by atoms with Gasteiger partial charge in [-0.2, -0.15) is 0 Å². The van der Waals surface area contributed by atoms with Crippen molar-refractivity contribution in [2.75, 3.05) is 0 Å². The van der Waals surface area contributed by atoms with Crippen molar-refractivity contribution in [3.63, 3.8) is 0 Å². The first-order chi connectivity index (χ1) is 5.35. The topological polar surface area (TPSA) is 29.1 Å². The summed E-state index contributed by atoms with van der Waals surface area (Å²) in [5.74, 6) is 0. The Bertz CT molecular complexity index is 157. The van der Waals surface area contributed by atoms with Gasteiger partial charge in [0.2, 0.25) is 6.41 Å². The minimum atomic E-state index is 0.664. The number of hydrogen-bond acceptors (Lipinski definition) is 3. The second kappa shape index (κ2) is 7.75. The van der Waals surface area contributed by atoms with Gasteiger partial charge in [-0.25, -0.2) is 0 Å². The molecule has 1 N–H and O–H groups in total. The van der Waals surface area contributed by atoms with Gasteiger partial charge in [0.25, 0.3) is 0 Å². The second-order valence-corrected chi connectivity index (χ2v) is 3.70. The van der Waals surface area contributed by atoms with Crippen LogP contribution in [0.15, 0.2) is 22.3 Å². The van der Waals surface area contributed by atoms with Crippen molar-refractivity contribution in [1.29, 1.82) is 0 Å². The van der Waals surface area contributed by atoms with Crippen LogP contribution in [0.4, 0.5) is 0 Å². The Morgan fingerprint density at radius 3 is 2.91 bits per heavy atom. The van der Waals surface area contributed by atoms with Crippen LogP contribution >= 0.6 is 23.7 Å². The molecule has 0 aliphatic rings. The fraction of sp³-hybridized carbons (Fsp3) is 0.286. The maximum absolute atomic E-state index is 9.92. The fourth-order valence-electron chi connectivity index (χ4n) is 0.445. The third-order valence-corrected chi connectivity index (χ3v) is 2.46. The second-order valence-electron chi connectivity index (χ2n) is 1.55. The van der Waals surface area contributed by atoms with Gasteiger partial charge in [0.1, 0.15) is 0 Å². The summed E-state index contributed by atoms with van der Waals surface area (Å²) >= 11 is 2.81. The van der Waals surface area contributed by atoms with E-state index in [1.54, 1.807) is 5.41 Å². The molecule has 0 rings (SSSR count). The molecule has 4 heteroatoms. The lowest BCUT2D eigenvalue weighted by Crippen LogP contribution is -1.96. The molecular formula is C7H11NOS2. The van der Waals surface area contributed by atoms with E-state index in [1.165, 1.54) is 23.7 Å². The van der Waals surface area contributed by atoms with Gasteiger partial charge < -0.3 is 0 Å². The summed E-state index contributed by atoms with van der Waals surface area (Å²) in [4.78, 5) is 9.92. The van der Waals surface area contributed by atoms with Gasteiger partial charge in [0.15, 0.2) is 0 Å². The van der Waals surface area contributed by atoms with Gasteiger partial charge in [-0.15, -0.1) is 0 Å². The van der Waals surface area contributed by atoms with Gasteiger partial charge in [0.05, 0.1) is 4.24 Å². The van der Waals surface area contributed by atoms with Crippen LogP contribution in [0.5, 0.6) is 0 Å². The van der Waals surface area contributed by atoms with E-state index in [-0.39, 0.29) is 0 Å². The van der Waals surface area contributed by atoms with Crippen molar-refractivity contribution < 1.29 is 4.79 Å². The minimum Gasteiger partial charge on any atom is -0.298 e. The smallest absolute Gasteiger partial charge is 0.217 e. The van der Waals surface area contributed by atoms with Crippen molar-refractivity contribution in [2.45, 2.75) is 13.3 Å². The van der Waals surface area contributed by atoms with Crippen LogP contribution in [0.3, 0.4) is 0 Å². The van der Waals surface area contributed by atoms with Gasteiger partial charge in [-0.3, -0.25) is 9.52 Å². The molecule has 0 bridgehead atoms. The zero-order valence-electron chi connectivity index (χ0n) is 6.37. The Kier molecular flexibility index (Phi) is 7.51. The normalized spacial score (nSPS) is 10.8. The summed E-state index contributed by atoms with van der Waals surface area (Å²) in [5.41, 5.74) is 0. The molecule has 0 unspecified atom stereocenters. The molecule has 0 spiro atoms. The summed E-state index contributed by atoms with van der Waals surface area (Å²) < 4.78 is 3.57. The van der Waals surface area contributed by atoms with Crippen LogP contribution in [-0.4, -0.2) is 6.41 Å². The van der Waals surface area contributed by atoms with E-state index in [4.69, 9.17) is 0 Å². The van der Waals surface area contributed by atoms with Crippen molar-refractivity contribution in [1.82, 2.24) is 4.72 Å². The summed E-state index contributed by atoms with van der Waals surface area (Å²) in [6.07, 6.45) is 3.66. The van der Waals surface area contributed by atoms with E-state index in [2.05, 4.69) is 11.3 Å². The number of rotatable bonds is 6. The van der Waals surface area contributed by atoms with Crippen molar-refractivity contribution in [3.05, 3.63) is 22.3 Å². The van der Waals surface area contributed by atoms with E-state index in [1.807, 2.05) is 13.0 Å². The number of amides is 1. The Balaban J connectivity index is 3.77. The lowest BCUT2D eigenvalue weighted by atomic mass is 10.5. The van der Waals surface area contributed by atoms with E-state index >= 15 is 0 Å². The Hall–Kier alpha value is -0.350. The maximum atomic E-state index is 9.92. The standard InChI is InChI=1S/C7H11NOS2/c1-3-5-7(10-4-2)11-8-6-9/h4-6H,2-3H2,1H3,(H,8,9)/b7-5+. The molecule has 0 aromatic rings. The Labute approximate surface area is 75.6 Å². The maximum Gasteiger partial charge on any atom is 0.217 e. The van der Waals surface area contributed by atoms with Gasteiger partial charge >= 0.3 is 0 Å². The number of carbonyl (C=O) groups excluding carboxylic acids is 1. The van der Waals surface area contributed by atoms with E-state index in [0.717, 1.165) is 10.7 Å². The van der Waals surface area contributed by atoms with E-state index < -0.39 is 0 Å². The molecule has 2 nitrogen and oxygen atoms in total. The van der Waals surface area contributed by atoms with Gasteiger partial charge in [0, 0.05) is 0 Å². The minimum absolute atomic E-state index is 0.664. The lowest BCUT2D eigenvalue weighted by molar-refractivity contribution is -0.107. The SMILES string of the molecule is C=CS/C(=C\CC)SNC=O. The first-order valence-electron chi connectivity index (χ1n) is 3.18. The molecule has 0 fully saturated rings. The van der Waals surface area contributed by atoms with Crippen LogP contribution in [0.2, 0.25) is 0 Å². The highest BCUT2D eigenvalue weighted by molar-refractivity contribution is 8.22. The van der Waals surface area contributed by atoms with E-state index in [0.29, 0.717) is 6.41 Å². The third kappa shape index (κ3) is 6.06. The zero-order valence-corrected chi connectivity index (χ0v) is 8.00. The monoisotopic (exact) mass is 189 g/mol. The molecule has 1 amide bonds. The molecule has 0 heterocycles. The summed E-state index contributed by atoms with van der Waals surface area (Å²) in [5, 5.41) is 1.74. The quantitative estimate of drug-likeness (QED) is 0.514. The highest BCUT2D eigenvalue weighted by Gasteiger charge is 1.93. The Morgan fingerprint density at radius 2 is 2.45 bits per heavy atom. The number of hydrogen-bond donors (Lipinski definition) is 1. The first-order valence-corrected chi connectivity index (χ1v) is 4.88. The predicted octanol–water partition coefficient (Wildman–Crippen LogP) is 2.51. The molecule has 0 radical (unpaired) electrons. The van der Waals surface area contributed by atoms with Gasteiger partial charge in [-0.1, -0.05) is 31.3 Å². The van der Waals surface area contributed by atoms with Crippen LogP contribution in [0, 0.1) is 0 Å². The van der Waals surface area contributed by atoms with Crippen LogP contribution in [0.25, 0.3) is 0 Å². The van der Waals surface area contributed by atoms with Crippen LogP contribution < -0.4 is 4.72 Å². The fourth-order valence-corrected chi connectivity index (χ4v) is 1.83. The molecule has 0 saturated heterocycles. The molecule has 0 aliphatic carbocycles. The largest absolute Gasteiger partial charge is 0.298 e. The molecule has 0 aliphatic heterocycles. The number of thioether (sulfide) groups is 1. The molecule has 0 atom stereocenters. The highest BCUT2D eigenvalue weighted by atomic mass is 32.2.